The molecule has 1 aliphatic heterocycles. The summed E-state index contributed by atoms with van der Waals surface area (Å²) in [6, 6.07) is -1.38. The Balaban J connectivity index is 2.84. The zero-order valence-electron chi connectivity index (χ0n) is 7.79. The maximum Gasteiger partial charge on any atom is 0.241 e. The van der Waals surface area contributed by atoms with Crippen LogP contribution in [0.3, 0.4) is 0 Å². The summed E-state index contributed by atoms with van der Waals surface area (Å²) in [6.07, 6.45) is -4.07. The molecule has 1 fully saturated rings. The van der Waals surface area contributed by atoms with E-state index in [1.54, 1.807) is 5.73 Å². The Labute approximate surface area is 76.0 Å². The van der Waals surface area contributed by atoms with Crippen LogP contribution in [-0.2, 0) is 4.74 Å². The van der Waals surface area contributed by atoms with Crippen molar-refractivity contribution < 1.29 is 26.6 Å². The molecule has 0 aromatic rings. The fraction of sp³-hybridized carbons (Fsp3) is 1.00. The molecule has 1 aliphatic rings. The Bertz CT molecular complexity index is 207. The Kier molecular flexibility index (Phi) is 2.47. The number of hydrogen-bond acceptors (Lipinski definition) is 7. The summed E-state index contributed by atoms with van der Waals surface area (Å²) in [5.74, 6) is -2.27. The number of aliphatic hydroxyl groups excluding tert-OH is 3. The molecule has 0 saturated carbocycles. The second-order valence-corrected chi connectivity index (χ2v) is 3.04. The Morgan fingerprint density at radius 3 is 2.54 bits per heavy atom. The lowest BCUT2D eigenvalue weighted by atomic mass is 9.95. The summed E-state index contributed by atoms with van der Waals surface area (Å²) in [7, 11) is 0. The smallest absolute Gasteiger partial charge is 0.241 e. The maximum atomic E-state index is 9.51. The highest BCUT2D eigenvalue weighted by atomic mass is 16.7. The van der Waals surface area contributed by atoms with E-state index in [0.717, 1.165) is 0 Å². The molecule has 0 aromatic carbocycles. The van der Waals surface area contributed by atoms with Crippen LogP contribution in [0.2, 0.25) is 1.41 Å². The molecule has 0 bridgehead atoms. The third-order valence-electron chi connectivity index (χ3n) is 2.06. The van der Waals surface area contributed by atoms with Gasteiger partial charge in [-0.3, -0.25) is 5.73 Å². The van der Waals surface area contributed by atoms with Crippen LogP contribution in [0.5, 0.6) is 0 Å². The quantitative estimate of drug-likeness (QED) is 0.247. The molecule has 1 heterocycles. The average Bonchev–Trinajstić information content (AvgIpc) is 2.20. The first kappa shape index (κ1) is 9.28. The minimum Gasteiger partial charge on any atom is -0.394 e. The molecule has 0 aromatic heterocycles. The molecule has 0 radical (unpaired) electrons. The lowest BCUT2D eigenvalue weighted by Gasteiger charge is -2.43. The molecule has 1 unspecified atom stereocenters. The largest absolute Gasteiger partial charge is 0.394 e. The van der Waals surface area contributed by atoms with Crippen LogP contribution in [0.4, 0.5) is 0 Å². The molecule has 1 saturated heterocycles. The molecule has 7 nitrogen and oxygen atoms in total. The summed E-state index contributed by atoms with van der Waals surface area (Å²) in [6.45, 7) is -0.602. The van der Waals surface area contributed by atoms with Gasteiger partial charge in [0.15, 0.2) is 0 Å². The molecule has 5 atom stereocenters. The van der Waals surface area contributed by atoms with Crippen molar-refractivity contribution in [2.24, 2.45) is 11.5 Å². The van der Waals surface area contributed by atoms with Gasteiger partial charge in [0.05, 0.1) is 6.61 Å². The number of aliphatic hydroxyl groups is 4. The fourth-order valence-corrected chi connectivity index (χ4v) is 1.19. The van der Waals surface area contributed by atoms with Gasteiger partial charge in [0.1, 0.15) is 25.8 Å². The molecule has 1 rings (SSSR count). The fourth-order valence-electron chi connectivity index (χ4n) is 1.19. The van der Waals surface area contributed by atoms with Crippen LogP contribution in [0.15, 0.2) is 0 Å². The first-order chi connectivity index (χ1) is 6.46. The Morgan fingerprint density at radius 1 is 1.46 bits per heavy atom. The van der Waals surface area contributed by atoms with Crippen LogP contribution in [0.25, 0.3) is 0 Å². The van der Waals surface area contributed by atoms with E-state index in [0.29, 0.717) is 0 Å². The van der Waals surface area contributed by atoms with Crippen molar-refractivity contribution >= 4 is 0 Å². The zero-order chi connectivity index (χ0) is 10.9. The predicted octanol–water partition coefficient (Wildman–Crippen LogP) is -3.97. The number of rotatable bonds is 2. The van der Waals surface area contributed by atoms with Crippen molar-refractivity contribution in [3.8, 4) is 0 Å². The standard InChI is InChI=1S/C6H14N2O5/c7-5-4(11)3(10)2(1-9)13-6(5,8)12/h2-5,9-12H,1,7-8H2/t2-,3-,4+,5-,6?/m1/s1/i/hD. The zero-order valence-corrected chi connectivity index (χ0v) is 6.79. The van der Waals surface area contributed by atoms with Gasteiger partial charge in [-0.05, 0) is 0 Å². The molecular weight excluding hydrogens is 180 g/mol. The van der Waals surface area contributed by atoms with E-state index in [1.165, 1.54) is 0 Å². The minimum absolute atomic E-state index is 0.602. The normalized spacial score (nSPS) is 53.2. The SMILES string of the molecule is [2H]NC1(O)O[C@H](CO)[C@@H](O)[C@H](O)[C@H]1N. The van der Waals surface area contributed by atoms with E-state index in [2.05, 4.69) is 0 Å². The van der Waals surface area contributed by atoms with Crippen LogP contribution in [-0.4, -0.2) is 57.3 Å². The van der Waals surface area contributed by atoms with Crippen LogP contribution in [0.1, 0.15) is 0 Å². The predicted molar refractivity (Wildman–Crippen MR) is 41.1 cm³/mol. The number of hydrogen-bond donors (Lipinski definition) is 6. The Morgan fingerprint density at radius 2 is 2.08 bits per heavy atom. The van der Waals surface area contributed by atoms with Crippen molar-refractivity contribution in [2.75, 3.05) is 6.61 Å². The average molecular weight is 195 g/mol. The van der Waals surface area contributed by atoms with Gasteiger partial charge in [0, 0.05) is 0 Å². The summed E-state index contributed by atoms with van der Waals surface area (Å²) < 4.78 is 11.5. The van der Waals surface area contributed by atoms with Gasteiger partial charge in [-0.1, -0.05) is 0 Å². The van der Waals surface area contributed by atoms with E-state index in [-0.39, 0.29) is 0 Å². The Hall–Kier alpha value is -0.280. The molecule has 7 heteroatoms. The van der Waals surface area contributed by atoms with Crippen molar-refractivity contribution in [1.29, 1.82) is 0 Å². The highest BCUT2D eigenvalue weighted by Crippen LogP contribution is 2.22. The van der Waals surface area contributed by atoms with E-state index in [4.69, 9.17) is 17.0 Å². The lowest BCUT2D eigenvalue weighted by molar-refractivity contribution is -0.311. The molecule has 0 amide bonds. The first-order valence-corrected chi connectivity index (χ1v) is 3.78. The first-order valence-electron chi connectivity index (χ1n) is 4.28. The summed E-state index contributed by atoms with van der Waals surface area (Å²) in [4.78, 5) is 0. The molecule has 0 spiro atoms. The second kappa shape index (κ2) is 3.46. The topological polar surface area (TPSA) is 142 Å². The molecule has 0 aliphatic carbocycles. The lowest BCUT2D eigenvalue weighted by Crippen LogP contribution is -2.72. The van der Waals surface area contributed by atoms with Crippen LogP contribution in [0, 0.1) is 0 Å². The molecule has 8 N–H and O–H groups in total. The van der Waals surface area contributed by atoms with Crippen molar-refractivity contribution in [2.45, 2.75) is 30.3 Å². The van der Waals surface area contributed by atoms with Gasteiger partial charge in [-0.2, -0.15) is 0 Å². The molecule has 13 heavy (non-hydrogen) atoms. The summed E-state index contributed by atoms with van der Waals surface area (Å²) >= 11 is 0. The third-order valence-corrected chi connectivity index (χ3v) is 2.06. The van der Waals surface area contributed by atoms with Gasteiger partial charge in [0.2, 0.25) is 5.91 Å². The van der Waals surface area contributed by atoms with Crippen LogP contribution >= 0.6 is 0 Å². The highest BCUT2D eigenvalue weighted by molar-refractivity contribution is 4.95. The third kappa shape index (κ3) is 1.81. The van der Waals surface area contributed by atoms with Gasteiger partial charge in [-0.15, -0.1) is 0 Å². The number of nitrogens with two attached hydrogens (primary N) is 2. The molecular formula is C6H14N2O5. The van der Waals surface area contributed by atoms with Gasteiger partial charge in [-0.25, -0.2) is 0 Å². The van der Waals surface area contributed by atoms with Gasteiger partial charge >= 0.3 is 0 Å². The van der Waals surface area contributed by atoms with Gasteiger partial charge in [0.25, 0.3) is 0 Å². The second-order valence-electron chi connectivity index (χ2n) is 3.04. The van der Waals surface area contributed by atoms with E-state index in [9.17, 15) is 15.3 Å². The van der Waals surface area contributed by atoms with E-state index >= 15 is 0 Å². The summed E-state index contributed by atoms with van der Waals surface area (Å²) in [5, 5.41) is 37.0. The maximum absolute atomic E-state index is 9.51. The van der Waals surface area contributed by atoms with E-state index < -0.39 is 36.9 Å². The van der Waals surface area contributed by atoms with Crippen molar-refractivity contribution in [1.82, 2.24) is 0 Å². The monoisotopic (exact) mass is 195 g/mol. The minimum atomic E-state index is -2.27. The van der Waals surface area contributed by atoms with Crippen LogP contribution < -0.4 is 11.5 Å². The summed E-state index contributed by atoms with van der Waals surface area (Å²) in [5.41, 5.74) is 6.95. The van der Waals surface area contributed by atoms with Crippen molar-refractivity contribution in [3.05, 3.63) is 0 Å². The number of ether oxygens (including phenoxy) is 1. The van der Waals surface area contributed by atoms with Crippen molar-refractivity contribution in [3.63, 3.8) is 0 Å². The van der Waals surface area contributed by atoms with Gasteiger partial charge < -0.3 is 30.9 Å². The van der Waals surface area contributed by atoms with E-state index in [1.807, 2.05) is 0 Å². The molecule has 78 valence electrons. The highest BCUT2D eigenvalue weighted by Gasteiger charge is 2.49.